The van der Waals surface area contributed by atoms with Crippen molar-refractivity contribution in [2.75, 3.05) is 0 Å². The summed E-state index contributed by atoms with van der Waals surface area (Å²) < 4.78 is 11.7. The molecule has 0 spiro atoms. The summed E-state index contributed by atoms with van der Waals surface area (Å²) >= 11 is 0. The van der Waals surface area contributed by atoms with Gasteiger partial charge in [-0.2, -0.15) is 0 Å². The maximum Gasteiger partial charge on any atom is 0.419 e. The van der Waals surface area contributed by atoms with Crippen LogP contribution in [0.15, 0.2) is 31.2 Å². The smallest absolute Gasteiger partial charge is 0.419 e. The van der Waals surface area contributed by atoms with E-state index in [0.717, 1.165) is 12.8 Å². The Labute approximate surface area is 146 Å². The Balaban J connectivity index is 0.000000456. The van der Waals surface area contributed by atoms with Crippen molar-refractivity contribution >= 4 is 6.09 Å². The molecule has 0 aromatic carbocycles. The molecule has 6 nitrogen and oxygen atoms in total. The predicted octanol–water partition coefficient (Wildman–Crippen LogP) is 4.46. The zero-order valence-electron chi connectivity index (χ0n) is 15.7. The Bertz CT molecular complexity index is 458. The molecule has 0 bridgehead atoms. The molecule has 0 amide bonds. The Morgan fingerprint density at radius 1 is 1.25 bits per heavy atom. The molecular formula is C18H33N3O3. The van der Waals surface area contributed by atoms with Gasteiger partial charge in [-0.1, -0.05) is 20.3 Å². The van der Waals surface area contributed by atoms with Gasteiger partial charge in [-0.25, -0.2) is 14.3 Å². The Kier molecular flexibility index (Phi) is 10.6. The Hall–Kier alpha value is -1.98. The van der Waals surface area contributed by atoms with Gasteiger partial charge in [0.15, 0.2) is 5.88 Å². The van der Waals surface area contributed by atoms with Crippen molar-refractivity contribution in [2.45, 2.75) is 78.4 Å². The highest BCUT2D eigenvalue weighted by atomic mass is 16.6. The SMILES string of the molecule is C=C(N)OC(C)(C)C.CC.O=C(OC1CCCCC1)n1ccnc1. The van der Waals surface area contributed by atoms with Gasteiger partial charge in [0.05, 0.1) is 0 Å². The number of nitrogens with zero attached hydrogens (tertiary/aromatic N) is 2. The lowest BCUT2D eigenvalue weighted by Gasteiger charge is -2.21. The molecule has 2 rings (SSSR count). The van der Waals surface area contributed by atoms with Gasteiger partial charge in [-0.15, -0.1) is 0 Å². The average molecular weight is 339 g/mol. The third kappa shape index (κ3) is 10.7. The van der Waals surface area contributed by atoms with Gasteiger partial charge in [-0.05, 0) is 53.0 Å². The van der Waals surface area contributed by atoms with Gasteiger partial charge in [0.1, 0.15) is 18.0 Å². The van der Waals surface area contributed by atoms with Crippen molar-refractivity contribution in [1.29, 1.82) is 0 Å². The third-order valence-electron chi connectivity index (χ3n) is 2.97. The highest BCUT2D eigenvalue weighted by Gasteiger charge is 2.18. The molecule has 0 saturated heterocycles. The summed E-state index contributed by atoms with van der Waals surface area (Å²) in [6, 6.07) is 0. The first-order valence-corrected chi connectivity index (χ1v) is 8.60. The van der Waals surface area contributed by atoms with Crippen LogP contribution in [-0.4, -0.2) is 27.3 Å². The number of imidazole rings is 1. The van der Waals surface area contributed by atoms with Crippen molar-refractivity contribution in [3.8, 4) is 0 Å². The van der Waals surface area contributed by atoms with Crippen LogP contribution in [0.5, 0.6) is 0 Å². The fourth-order valence-electron chi connectivity index (χ4n) is 2.15. The Morgan fingerprint density at radius 2 is 1.83 bits per heavy atom. The number of aromatic nitrogens is 2. The van der Waals surface area contributed by atoms with Crippen LogP contribution in [0.25, 0.3) is 0 Å². The van der Waals surface area contributed by atoms with Crippen molar-refractivity contribution < 1.29 is 14.3 Å². The topological polar surface area (TPSA) is 79.4 Å². The second-order valence-electron chi connectivity index (χ2n) is 6.29. The number of nitrogens with two attached hydrogens (primary N) is 1. The highest BCUT2D eigenvalue weighted by molar-refractivity contribution is 5.70. The van der Waals surface area contributed by atoms with Crippen LogP contribution < -0.4 is 5.73 Å². The van der Waals surface area contributed by atoms with Gasteiger partial charge < -0.3 is 15.2 Å². The summed E-state index contributed by atoms with van der Waals surface area (Å²) in [7, 11) is 0. The molecule has 6 heteroatoms. The molecule has 1 aliphatic carbocycles. The van der Waals surface area contributed by atoms with Crippen molar-refractivity contribution in [1.82, 2.24) is 9.55 Å². The van der Waals surface area contributed by atoms with Gasteiger partial charge >= 0.3 is 6.09 Å². The van der Waals surface area contributed by atoms with E-state index in [9.17, 15) is 4.79 Å². The van der Waals surface area contributed by atoms with E-state index in [1.54, 1.807) is 12.4 Å². The van der Waals surface area contributed by atoms with Crippen LogP contribution in [0.3, 0.4) is 0 Å². The molecule has 0 radical (unpaired) electrons. The molecule has 0 unspecified atom stereocenters. The standard InChI is InChI=1S/C10H14N2O2.C6H13NO.C2H6/c13-10(12-7-6-11-8-12)14-9-4-2-1-3-5-9;1-5(7)8-6(2,3)4;1-2/h6-9H,1-5H2;1,7H2,2-4H3;1-2H3. The highest BCUT2D eigenvalue weighted by Crippen LogP contribution is 2.20. The summed E-state index contributed by atoms with van der Waals surface area (Å²) in [6.07, 6.45) is 10.0. The number of ether oxygens (including phenoxy) is 2. The van der Waals surface area contributed by atoms with E-state index < -0.39 is 0 Å². The lowest BCUT2D eigenvalue weighted by Crippen LogP contribution is -2.23. The van der Waals surface area contributed by atoms with Crippen LogP contribution >= 0.6 is 0 Å². The van der Waals surface area contributed by atoms with Crippen LogP contribution in [0.4, 0.5) is 4.79 Å². The molecule has 1 heterocycles. The van der Waals surface area contributed by atoms with Gasteiger partial charge in [0, 0.05) is 12.4 Å². The van der Waals surface area contributed by atoms with E-state index in [1.165, 1.54) is 30.2 Å². The molecule has 2 N–H and O–H groups in total. The number of hydrogen-bond donors (Lipinski definition) is 1. The minimum Gasteiger partial charge on any atom is -0.474 e. The summed E-state index contributed by atoms with van der Waals surface area (Å²) in [6.45, 7) is 13.2. The van der Waals surface area contributed by atoms with E-state index in [-0.39, 0.29) is 23.7 Å². The maximum absolute atomic E-state index is 11.5. The van der Waals surface area contributed by atoms with Gasteiger partial charge in [-0.3, -0.25) is 0 Å². The normalized spacial score (nSPS) is 14.4. The summed E-state index contributed by atoms with van der Waals surface area (Å²) in [5.74, 6) is 0.275. The molecule has 0 atom stereocenters. The quantitative estimate of drug-likeness (QED) is 0.805. The molecule has 1 aliphatic rings. The number of carbonyl (C=O) groups excluding carboxylic acids is 1. The molecule has 0 aliphatic heterocycles. The van der Waals surface area contributed by atoms with Crippen molar-refractivity contribution in [3.05, 3.63) is 31.2 Å². The van der Waals surface area contributed by atoms with E-state index in [2.05, 4.69) is 11.6 Å². The number of rotatable bonds is 2. The average Bonchev–Trinajstić information content (AvgIpc) is 3.03. The maximum atomic E-state index is 11.5. The van der Waals surface area contributed by atoms with E-state index in [1.807, 2.05) is 34.6 Å². The van der Waals surface area contributed by atoms with E-state index in [4.69, 9.17) is 15.2 Å². The second kappa shape index (κ2) is 11.5. The van der Waals surface area contributed by atoms with Gasteiger partial charge in [0.25, 0.3) is 0 Å². The predicted molar refractivity (Wildman–Crippen MR) is 96.5 cm³/mol. The monoisotopic (exact) mass is 339 g/mol. The van der Waals surface area contributed by atoms with E-state index >= 15 is 0 Å². The first kappa shape index (κ1) is 22.0. The van der Waals surface area contributed by atoms with Crippen molar-refractivity contribution in [2.24, 2.45) is 5.73 Å². The lowest BCUT2D eigenvalue weighted by molar-refractivity contribution is 0.0515. The van der Waals surface area contributed by atoms with Crippen LogP contribution in [0, 0.1) is 0 Å². The molecule has 1 saturated carbocycles. The molecule has 1 aromatic heterocycles. The Morgan fingerprint density at radius 3 is 2.21 bits per heavy atom. The molecule has 24 heavy (non-hydrogen) atoms. The molecule has 1 aromatic rings. The minimum absolute atomic E-state index is 0.110. The first-order valence-electron chi connectivity index (χ1n) is 8.60. The molecule has 138 valence electrons. The van der Waals surface area contributed by atoms with E-state index in [0.29, 0.717) is 0 Å². The number of hydrogen-bond acceptors (Lipinski definition) is 5. The summed E-state index contributed by atoms with van der Waals surface area (Å²) in [5.41, 5.74) is 4.96. The molecule has 1 fully saturated rings. The third-order valence-corrected chi connectivity index (χ3v) is 2.97. The zero-order valence-corrected chi connectivity index (χ0v) is 15.7. The fraction of sp³-hybridized carbons (Fsp3) is 0.667. The largest absolute Gasteiger partial charge is 0.474 e. The molecular weight excluding hydrogens is 306 g/mol. The fourth-order valence-corrected chi connectivity index (χ4v) is 2.15. The van der Waals surface area contributed by atoms with Gasteiger partial charge in [0.2, 0.25) is 0 Å². The van der Waals surface area contributed by atoms with Crippen molar-refractivity contribution in [3.63, 3.8) is 0 Å². The first-order chi connectivity index (χ1) is 11.3. The number of carbonyl (C=O) groups is 1. The lowest BCUT2D eigenvalue weighted by atomic mass is 9.98. The minimum atomic E-state index is -0.311. The summed E-state index contributed by atoms with van der Waals surface area (Å²) in [5, 5.41) is 0. The summed E-state index contributed by atoms with van der Waals surface area (Å²) in [4.78, 5) is 15.3. The van der Waals surface area contributed by atoms with Crippen LogP contribution in [0.1, 0.15) is 66.7 Å². The van der Waals surface area contributed by atoms with Crippen LogP contribution in [0.2, 0.25) is 0 Å². The second-order valence-corrected chi connectivity index (χ2v) is 6.29. The van der Waals surface area contributed by atoms with Crippen LogP contribution in [-0.2, 0) is 9.47 Å². The zero-order chi connectivity index (χ0) is 18.6.